The maximum atomic E-state index is 12.5. The van der Waals surface area contributed by atoms with Crippen molar-refractivity contribution >= 4 is 12.1 Å². The van der Waals surface area contributed by atoms with Crippen molar-refractivity contribution in [1.29, 1.82) is 0 Å². The standard InChI is InChI=1S/C26H24N4O4/c1-32-21-11-12-25(33-2)20(14-21)16-27-30-26(31)24-15-23(28-29-24)19-9-6-10-22(13-19)34-17-18-7-4-3-5-8-18/h3-16H,17H2,1-2H3,(H,28,29)(H,30,31)/b27-16-. The van der Waals surface area contributed by atoms with E-state index in [0.29, 0.717) is 35.1 Å². The number of hydrazone groups is 1. The van der Waals surface area contributed by atoms with E-state index in [9.17, 15) is 4.79 Å². The molecule has 0 atom stereocenters. The van der Waals surface area contributed by atoms with Crippen LogP contribution in [0.1, 0.15) is 21.6 Å². The molecule has 1 heterocycles. The molecule has 0 bridgehead atoms. The molecular formula is C26H24N4O4. The Morgan fingerprint density at radius 1 is 0.971 bits per heavy atom. The molecule has 1 aromatic heterocycles. The number of hydrogen-bond acceptors (Lipinski definition) is 6. The van der Waals surface area contributed by atoms with Crippen molar-refractivity contribution in [3.63, 3.8) is 0 Å². The van der Waals surface area contributed by atoms with Crippen LogP contribution in [-0.2, 0) is 6.61 Å². The normalized spacial score (nSPS) is 10.8. The highest BCUT2D eigenvalue weighted by atomic mass is 16.5. The summed E-state index contributed by atoms with van der Waals surface area (Å²) in [5.74, 6) is 1.55. The molecule has 0 unspecified atom stereocenters. The van der Waals surface area contributed by atoms with Crippen LogP contribution in [0.15, 0.2) is 84.0 Å². The summed E-state index contributed by atoms with van der Waals surface area (Å²) in [7, 11) is 3.14. The van der Waals surface area contributed by atoms with Crippen molar-refractivity contribution in [2.45, 2.75) is 6.61 Å². The molecule has 34 heavy (non-hydrogen) atoms. The molecule has 0 radical (unpaired) electrons. The first-order chi connectivity index (χ1) is 16.7. The summed E-state index contributed by atoms with van der Waals surface area (Å²) < 4.78 is 16.4. The molecule has 0 saturated heterocycles. The minimum Gasteiger partial charge on any atom is -0.497 e. The van der Waals surface area contributed by atoms with E-state index in [4.69, 9.17) is 14.2 Å². The number of ether oxygens (including phenoxy) is 3. The zero-order chi connectivity index (χ0) is 23.8. The average Bonchev–Trinajstić information content (AvgIpc) is 3.39. The van der Waals surface area contributed by atoms with Gasteiger partial charge in [-0.1, -0.05) is 42.5 Å². The smallest absolute Gasteiger partial charge is 0.289 e. The van der Waals surface area contributed by atoms with Gasteiger partial charge in [-0.2, -0.15) is 10.2 Å². The Kier molecular flexibility index (Phi) is 7.19. The lowest BCUT2D eigenvalue weighted by Gasteiger charge is -2.07. The van der Waals surface area contributed by atoms with E-state index >= 15 is 0 Å². The second-order valence-corrected chi connectivity index (χ2v) is 7.28. The molecule has 0 aliphatic rings. The number of aromatic amines is 1. The molecular weight excluding hydrogens is 432 g/mol. The molecule has 8 nitrogen and oxygen atoms in total. The number of nitrogens with zero attached hydrogens (tertiary/aromatic N) is 2. The highest BCUT2D eigenvalue weighted by molar-refractivity contribution is 5.94. The lowest BCUT2D eigenvalue weighted by atomic mass is 10.1. The zero-order valence-corrected chi connectivity index (χ0v) is 18.8. The SMILES string of the molecule is COc1ccc(OC)c(/C=N\NC(=O)c2cc(-c3cccc(OCc4ccccc4)c3)n[nH]2)c1. The number of rotatable bonds is 9. The monoisotopic (exact) mass is 456 g/mol. The van der Waals surface area contributed by atoms with Crippen LogP contribution in [0, 0.1) is 0 Å². The molecule has 0 fully saturated rings. The number of hydrogen-bond donors (Lipinski definition) is 2. The largest absolute Gasteiger partial charge is 0.497 e. The third kappa shape index (κ3) is 5.60. The average molecular weight is 457 g/mol. The van der Waals surface area contributed by atoms with Gasteiger partial charge in [-0.05, 0) is 42.0 Å². The van der Waals surface area contributed by atoms with Crippen LogP contribution in [0.2, 0.25) is 0 Å². The van der Waals surface area contributed by atoms with Gasteiger partial charge >= 0.3 is 0 Å². The van der Waals surface area contributed by atoms with Gasteiger partial charge in [0.2, 0.25) is 0 Å². The molecule has 172 valence electrons. The number of nitrogens with one attached hydrogen (secondary N) is 2. The first-order valence-corrected chi connectivity index (χ1v) is 10.5. The fourth-order valence-electron chi connectivity index (χ4n) is 3.23. The summed E-state index contributed by atoms with van der Waals surface area (Å²) in [6.45, 7) is 0.467. The molecule has 2 N–H and O–H groups in total. The molecule has 3 aromatic carbocycles. The Balaban J connectivity index is 1.40. The first kappa shape index (κ1) is 22.6. The lowest BCUT2D eigenvalue weighted by molar-refractivity contribution is 0.0950. The number of carbonyl (C=O) groups is 1. The van der Waals surface area contributed by atoms with Gasteiger partial charge in [0.05, 0.1) is 26.1 Å². The van der Waals surface area contributed by atoms with Crippen LogP contribution in [0.5, 0.6) is 17.2 Å². The summed E-state index contributed by atoms with van der Waals surface area (Å²) in [5, 5.41) is 11.0. The molecule has 0 spiro atoms. The maximum Gasteiger partial charge on any atom is 0.289 e. The van der Waals surface area contributed by atoms with Crippen LogP contribution in [0.25, 0.3) is 11.3 Å². The van der Waals surface area contributed by atoms with Gasteiger partial charge in [0.25, 0.3) is 5.91 Å². The minimum absolute atomic E-state index is 0.278. The number of carbonyl (C=O) groups excluding carboxylic acids is 1. The Bertz CT molecular complexity index is 1280. The molecule has 0 aliphatic carbocycles. The van der Waals surface area contributed by atoms with Crippen LogP contribution < -0.4 is 19.6 Å². The van der Waals surface area contributed by atoms with E-state index in [1.165, 1.54) is 6.21 Å². The maximum absolute atomic E-state index is 12.5. The Labute approximate surface area is 197 Å². The molecule has 0 saturated carbocycles. The van der Waals surface area contributed by atoms with Crippen molar-refractivity contribution in [2.75, 3.05) is 14.2 Å². The van der Waals surface area contributed by atoms with Crippen LogP contribution in [0.3, 0.4) is 0 Å². The Morgan fingerprint density at radius 3 is 2.62 bits per heavy atom. The van der Waals surface area contributed by atoms with Gasteiger partial charge in [0.15, 0.2) is 0 Å². The second-order valence-electron chi connectivity index (χ2n) is 7.28. The van der Waals surface area contributed by atoms with Crippen molar-refractivity contribution in [2.24, 2.45) is 5.10 Å². The van der Waals surface area contributed by atoms with Crippen LogP contribution >= 0.6 is 0 Å². The van der Waals surface area contributed by atoms with Gasteiger partial charge in [0.1, 0.15) is 29.5 Å². The summed E-state index contributed by atoms with van der Waals surface area (Å²) in [5.41, 5.74) is 5.96. The predicted octanol–water partition coefficient (Wildman–Crippen LogP) is 4.44. The second kappa shape index (κ2) is 10.8. The summed E-state index contributed by atoms with van der Waals surface area (Å²) in [6.07, 6.45) is 1.49. The number of benzene rings is 3. The zero-order valence-electron chi connectivity index (χ0n) is 18.8. The van der Waals surface area contributed by atoms with E-state index in [-0.39, 0.29) is 5.69 Å². The van der Waals surface area contributed by atoms with Crippen molar-refractivity contribution in [3.8, 4) is 28.5 Å². The summed E-state index contributed by atoms with van der Waals surface area (Å²) in [6, 6.07) is 24.5. The molecule has 0 aliphatic heterocycles. The van der Waals surface area contributed by atoms with E-state index in [0.717, 1.165) is 11.1 Å². The van der Waals surface area contributed by atoms with Crippen LogP contribution in [-0.4, -0.2) is 36.5 Å². The van der Waals surface area contributed by atoms with E-state index in [2.05, 4.69) is 20.7 Å². The summed E-state index contributed by atoms with van der Waals surface area (Å²) >= 11 is 0. The highest BCUT2D eigenvalue weighted by Gasteiger charge is 2.11. The molecule has 1 amide bonds. The third-order valence-electron chi connectivity index (χ3n) is 5.01. The number of methoxy groups -OCH3 is 2. The van der Waals surface area contributed by atoms with E-state index in [1.54, 1.807) is 38.5 Å². The van der Waals surface area contributed by atoms with Crippen molar-refractivity contribution in [3.05, 3.63) is 95.7 Å². The Hall–Kier alpha value is -4.59. The molecule has 4 aromatic rings. The fraction of sp³-hybridized carbons (Fsp3) is 0.115. The van der Waals surface area contributed by atoms with Crippen LogP contribution in [0.4, 0.5) is 0 Å². The van der Waals surface area contributed by atoms with Gasteiger partial charge in [-0.3, -0.25) is 9.89 Å². The Morgan fingerprint density at radius 2 is 1.82 bits per heavy atom. The van der Waals surface area contributed by atoms with Gasteiger partial charge in [-0.15, -0.1) is 0 Å². The van der Waals surface area contributed by atoms with Gasteiger partial charge in [0, 0.05) is 11.1 Å². The van der Waals surface area contributed by atoms with Gasteiger partial charge < -0.3 is 14.2 Å². The fourth-order valence-corrected chi connectivity index (χ4v) is 3.23. The van der Waals surface area contributed by atoms with E-state index in [1.807, 2.05) is 54.6 Å². The van der Waals surface area contributed by atoms with E-state index < -0.39 is 5.91 Å². The molecule has 8 heteroatoms. The minimum atomic E-state index is -0.423. The van der Waals surface area contributed by atoms with Crippen molar-refractivity contribution < 1.29 is 19.0 Å². The number of H-pyrrole nitrogens is 1. The topological polar surface area (TPSA) is 97.8 Å². The van der Waals surface area contributed by atoms with Gasteiger partial charge in [-0.25, -0.2) is 5.43 Å². The molecule has 4 rings (SSSR count). The highest BCUT2D eigenvalue weighted by Crippen LogP contribution is 2.24. The first-order valence-electron chi connectivity index (χ1n) is 10.5. The number of amides is 1. The third-order valence-corrected chi connectivity index (χ3v) is 5.01. The predicted molar refractivity (Wildman–Crippen MR) is 129 cm³/mol. The van der Waals surface area contributed by atoms with Crippen molar-refractivity contribution in [1.82, 2.24) is 15.6 Å². The lowest BCUT2D eigenvalue weighted by Crippen LogP contribution is -2.18. The quantitative estimate of drug-likeness (QED) is 0.287. The summed E-state index contributed by atoms with van der Waals surface area (Å²) in [4.78, 5) is 12.5. The number of aromatic nitrogens is 2.